The lowest BCUT2D eigenvalue weighted by Crippen LogP contribution is -2.26. The summed E-state index contributed by atoms with van der Waals surface area (Å²) < 4.78 is 5.85. The Kier molecular flexibility index (Phi) is 5.43. The fraction of sp³-hybridized carbons (Fsp3) is 0.368. The number of fused-ring (bicyclic) bond motifs is 1. The van der Waals surface area contributed by atoms with E-state index in [2.05, 4.69) is 23.2 Å². The van der Waals surface area contributed by atoms with Crippen LogP contribution < -0.4 is 10.1 Å². The van der Waals surface area contributed by atoms with Gasteiger partial charge >= 0.3 is 0 Å². The van der Waals surface area contributed by atoms with Crippen LogP contribution in [0, 0.1) is 5.41 Å². The molecule has 126 valence electrons. The number of ether oxygens (including phenoxy) is 1. The van der Waals surface area contributed by atoms with E-state index in [1.165, 1.54) is 5.56 Å². The first-order chi connectivity index (χ1) is 11.7. The zero-order chi connectivity index (χ0) is 16.9. The summed E-state index contributed by atoms with van der Waals surface area (Å²) in [5.41, 5.74) is 2.86. The minimum absolute atomic E-state index is 0.351. The van der Waals surface area contributed by atoms with Gasteiger partial charge in [0.25, 0.3) is 0 Å². The van der Waals surface area contributed by atoms with Crippen LogP contribution in [0.25, 0.3) is 0 Å². The largest absolute Gasteiger partial charge is 0.492 e. The molecule has 1 aliphatic heterocycles. The molecule has 0 amide bonds. The Morgan fingerprint density at radius 1 is 1.42 bits per heavy atom. The zero-order valence-electron chi connectivity index (χ0n) is 14.0. The van der Waals surface area contributed by atoms with Crippen LogP contribution in [0.5, 0.6) is 5.75 Å². The van der Waals surface area contributed by atoms with Crippen LogP contribution in [-0.4, -0.2) is 35.3 Å². The van der Waals surface area contributed by atoms with Crippen molar-refractivity contribution in [3.05, 3.63) is 47.6 Å². The number of allylic oxidation sites excluding steroid dienone is 3. The maximum atomic E-state index is 8.30. The molecule has 24 heavy (non-hydrogen) atoms. The lowest BCUT2D eigenvalue weighted by Gasteiger charge is -2.18. The second-order valence-electron chi connectivity index (χ2n) is 6.08. The number of benzene rings is 1. The third kappa shape index (κ3) is 3.91. The van der Waals surface area contributed by atoms with Crippen molar-refractivity contribution in [2.75, 3.05) is 25.0 Å². The fourth-order valence-electron chi connectivity index (χ4n) is 3.01. The summed E-state index contributed by atoms with van der Waals surface area (Å²) >= 11 is 5.35. The van der Waals surface area contributed by atoms with Crippen LogP contribution in [-0.2, 0) is 6.54 Å². The van der Waals surface area contributed by atoms with Crippen LogP contribution in [0.3, 0.4) is 0 Å². The number of thiocarbonyl (C=S) groups is 1. The second kappa shape index (κ2) is 7.73. The van der Waals surface area contributed by atoms with E-state index in [-0.39, 0.29) is 0 Å². The second-order valence-corrected chi connectivity index (χ2v) is 6.58. The molecule has 0 unspecified atom stereocenters. The minimum Gasteiger partial charge on any atom is -0.492 e. The molecule has 1 heterocycles. The normalized spacial score (nSPS) is 17.5. The molecular weight excluding hydrogens is 318 g/mol. The molecule has 2 aliphatic rings. The summed E-state index contributed by atoms with van der Waals surface area (Å²) in [6, 6.07) is 6.04. The average Bonchev–Trinajstić information content (AvgIpc) is 2.77. The quantitative estimate of drug-likeness (QED) is 0.495. The predicted octanol–water partition coefficient (Wildman–Crippen LogP) is 3.94. The van der Waals surface area contributed by atoms with Gasteiger partial charge in [-0.1, -0.05) is 37.4 Å². The van der Waals surface area contributed by atoms with Gasteiger partial charge in [0.1, 0.15) is 18.2 Å². The third-order valence-electron chi connectivity index (χ3n) is 4.20. The number of rotatable bonds is 4. The highest BCUT2D eigenvalue weighted by molar-refractivity contribution is 7.81. The first-order valence-corrected chi connectivity index (χ1v) is 8.82. The van der Waals surface area contributed by atoms with Crippen molar-refractivity contribution >= 4 is 28.6 Å². The number of anilines is 1. The molecule has 1 aromatic carbocycles. The molecule has 0 radical (unpaired) electrons. The highest BCUT2D eigenvalue weighted by atomic mass is 32.1. The summed E-state index contributed by atoms with van der Waals surface area (Å²) in [6.45, 7) is 5.83. The Morgan fingerprint density at radius 2 is 2.29 bits per heavy atom. The SMILES string of the molecule is CCCN1CCOc2ccc(NC(=N)C3=CC=CCC3=S)cc2C1. The lowest BCUT2D eigenvalue weighted by molar-refractivity contribution is 0.226. The van der Waals surface area contributed by atoms with Crippen molar-refractivity contribution in [3.63, 3.8) is 0 Å². The van der Waals surface area contributed by atoms with Gasteiger partial charge in [-0.25, -0.2) is 0 Å². The van der Waals surface area contributed by atoms with E-state index < -0.39 is 0 Å². The van der Waals surface area contributed by atoms with Crippen molar-refractivity contribution in [3.8, 4) is 5.75 Å². The Labute approximate surface area is 148 Å². The first kappa shape index (κ1) is 16.9. The van der Waals surface area contributed by atoms with E-state index in [0.29, 0.717) is 5.84 Å². The smallest absolute Gasteiger partial charge is 0.131 e. The molecule has 0 saturated carbocycles. The molecule has 0 saturated heterocycles. The van der Waals surface area contributed by atoms with Gasteiger partial charge in [-0.15, -0.1) is 0 Å². The van der Waals surface area contributed by atoms with Gasteiger partial charge in [0.2, 0.25) is 0 Å². The molecular formula is C19H23N3OS. The van der Waals surface area contributed by atoms with Gasteiger partial charge in [0, 0.05) is 41.2 Å². The van der Waals surface area contributed by atoms with Crippen LogP contribution in [0.4, 0.5) is 5.69 Å². The molecule has 3 rings (SSSR count). The van der Waals surface area contributed by atoms with Gasteiger partial charge in [-0.05, 0) is 31.2 Å². The monoisotopic (exact) mass is 341 g/mol. The summed E-state index contributed by atoms with van der Waals surface area (Å²) in [7, 11) is 0. The Bertz CT molecular complexity index is 709. The maximum absolute atomic E-state index is 8.30. The van der Waals surface area contributed by atoms with E-state index in [9.17, 15) is 0 Å². The Balaban J connectivity index is 1.76. The van der Waals surface area contributed by atoms with E-state index >= 15 is 0 Å². The van der Waals surface area contributed by atoms with Gasteiger partial charge in [0.15, 0.2) is 0 Å². The van der Waals surface area contributed by atoms with Crippen molar-refractivity contribution in [2.24, 2.45) is 0 Å². The van der Waals surface area contributed by atoms with Crippen LogP contribution in [0.2, 0.25) is 0 Å². The molecule has 0 fully saturated rings. The molecule has 0 bridgehead atoms. The lowest BCUT2D eigenvalue weighted by atomic mass is 10.0. The average molecular weight is 341 g/mol. The number of amidine groups is 1. The summed E-state index contributed by atoms with van der Waals surface area (Å²) in [5.74, 6) is 1.30. The van der Waals surface area contributed by atoms with Gasteiger partial charge in [0.05, 0.1) is 0 Å². The molecule has 0 spiro atoms. The summed E-state index contributed by atoms with van der Waals surface area (Å²) in [5, 5.41) is 11.5. The Morgan fingerprint density at radius 3 is 3.08 bits per heavy atom. The maximum Gasteiger partial charge on any atom is 0.131 e. The Hall–Kier alpha value is -1.98. The number of nitrogens with one attached hydrogen (secondary N) is 2. The van der Waals surface area contributed by atoms with E-state index in [1.54, 1.807) is 0 Å². The number of nitrogens with zero attached hydrogens (tertiary/aromatic N) is 1. The fourth-order valence-corrected chi connectivity index (χ4v) is 3.28. The number of hydrogen-bond acceptors (Lipinski definition) is 4. The first-order valence-electron chi connectivity index (χ1n) is 8.41. The molecule has 5 heteroatoms. The molecule has 1 aliphatic carbocycles. The van der Waals surface area contributed by atoms with Crippen molar-refractivity contribution in [2.45, 2.75) is 26.3 Å². The minimum atomic E-state index is 0.351. The van der Waals surface area contributed by atoms with E-state index in [4.69, 9.17) is 22.4 Å². The standard InChI is InChI=1S/C19H23N3OS/c1-2-9-22-10-11-23-17-8-7-15(12-14(17)13-22)21-19(20)16-5-3-4-6-18(16)24/h3-5,7-8,12H,2,6,9-11,13H2,1H3,(H2,20,21). The molecule has 1 aromatic rings. The number of hydrogen-bond donors (Lipinski definition) is 2. The van der Waals surface area contributed by atoms with Crippen molar-refractivity contribution in [1.29, 1.82) is 5.41 Å². The molecule has 2 N–H and O–H groups in total. The van der Waals surface area contributed by atoms with Crippen LogP contribution in [0.1, 0.15) is 25.3 Å². The van der Waals surface area contributed by atoms with Crippen molar-refractivity contribution < 1.29 is 4.74 Å². The van der Waals surface area contributed by atoms with E-state index in [1.807, 2.05) is 30.4 Å². The van der Waals surface area contributed by atoms with Gasteiger partial charge in [-0.3, -0.25) is 10.3 Å². The van der Waals surface area contributed by atoms with E-state index in [0.717, 1.165) is 61.0 Å². The van der Waals surface area contributed by atoms with Crippen LogP contribution in [0.15, 0.2) is 42.0 Å². The highest BCUT2D eigenvalue weighted by Gasteiger charge is 2.16. The summed E-state index contributed by atoms with van der Waals surface area (Å²) in [6.07, 6.45) is 7.74. The predicted molar refractivity (Wildman–Crippen MR) is 103 cm³/mol. The third-order valence-corrected chi connectivity index (χ3v) is 4.59. The molecule has 0 atom stereocenters. The molecule has 4 nitrogen and oxygen atoms in total. The topological polar surface area (TPSA) is 48.4 Å². The zero-order valence-corrected chi connectivity index (χ0v) is 14.8. The van der Waals surface area contributed by atoms with Gasteiger partial charge in [-0.2, -0.15) is 0 Å². The molecule has 0 aromatic heterocycles. The van der Waals surface area contributed by atoms with Crippen molar-refractivity contribution in [1.82, 2.24) is 4.90 Å². The van der Waals surface area contributed by atoms with Gasteiger partial charge < -0.3 is 10.1 Å². The highest BCUT2D eigenvalue weighted by Crippen LogP contribution is 2.27. The van der Waals surface area contributed by atoms with Crippen LogP contribution >= 0.6 is 12.2 Å². The summed E-state index contributed by atoms with van der Waals surface area (Å²) in [4.78, 5) is 3.21.